The number of nitrogens with one attached hydrogen (secondary N) is 2. The fourth-order valence-electron chi connectivity index (χ4n) is 2.82. The number of hydrogen-bond acceptors (Lipinski definition) is 8. The lowest BCUT2D eigenvalue weighted by molar-refractivity contribution is -0.113. The Labute approximate surface area is 191 Å². The Morgan fingerprint density at radius 3 is 2.78 bits per heavy atom. The van der Waals surface area contributed by atoms with Crippen LogP contribution in [0, 0.1) is 12.7 Å². The highest BCUT2D eigenvalue weighted by molar-refractivity contribution is 8.01. The maximum absolute atomic E-state index is 13.2. The molecule has 0 spiro atoms. The molecule has 2 aromatic carbocycles. The molecule has 0 fully saturated rings. The number of ether oxygens (including phenoxy) is 1. The maximum Gasteiger partial charge on any atom is 0.235 e. The molecule has 0 radical (unpaired) electrons. The Balaban J connectivity index is 1.35. The standard InChI is InChI=1S/C21H19FN6O2S2/c1-13-10-18(28(27-13)16-8-6-14(22)7-9-16)24-19(29)12-31-21-26-25-20(32-21)23-15-4-3-5-17(11-15)30-2/h3-11H,12H2,1-2H3,(H,23,25)(H,24,29). The van der Waals surface area contributed by atoms with Crippen LogP contribution < -0.4 is 15.4 Å². The molecule has 2 heterocycles. The van der Waals surface area contributed by atoms with Gasteiger partial charge in [-0.25, -0.2) is 9.07 Å². The van der Waals surface area contributed by atoms with E-state index >= 15 is 0 Å². The zero-order valence-corrected chi connectivity index (χ0v) is 18.8. The highest BCUT2D eigenvalue weighted by Gasteiger charge is 2.13. The van der Waals surface area contributed by atoms with Crippen LogP contribution in [0.15, 0.2) is 58.9 Å². The van der Waals surface area contributed by atoms with Gasteiger partial charge in [-0.05, 0) is 43.3 Å². The summed E-state index contributed by atoms with van der Waals surface area (Å²) in [5.74, 6) is 0.854. The van der Waals surface area contributed by atoms with Crippen molar-refractivity contribution in [2.24, 2.45) is 0 Å². The van der Waals surface area contributed by atoms with Gasteiger partial charge in [0.05, 0.1) is 24.2 Å². The molecule has 1 amide bonds. The van der Waals surface area contributed by atoms with Gasteiger partial charge in [-0.2, -0.15) is 5.10 Å². The van der Waals surface area contributed by atoms with E-state index < -0.39 is 0 Å². The van der Waals surface area contributed by atoms with Crippen LogP contribution in [0.5, 0.6) is 5.75 Å². The number of carbonyl (C=O) groups excluding carboxylic acids is 1. The summed E-state index contributed by atoms with van der Waals surface area (Å²) < 4.78 is 20.7. The van der Waals surface area contributed by atoms with Crippen molar-refractivity contribution in [2.45, 2.75) is 11.3 Å². The first-order valence-electron chi connectivity index (χ1n) is 9.50. The summed E-state index contributed by atoms with van der Waals surface area (Å²) in [7, 11) is 1.61. The van der Waals surface area contributed by atoms with E-state index in [4.69, 9.17) is 4.74 Å². The lowest BCUT2D eigenvalue weighted by atomic mass is 10.3. The number of aromatic nitrogens is 4. The second-order valence-electron chi connectivity index (χ2n) is 6.63. The Morgan fingerprint density at radius 2 is 2.00 bits per heavy atom. The Morgan fingerprint density at radius 1 is 1.19 bits per heavy atom. The van der Waals surface area contributed by atoms with Crippen LogP contribution in [0.2, 0.25) is 0 Å². The highest BCUT2D eigenvalue weighted by atomic mass is 32.2. The summed E-state index contributed by atoms with van der Waals surface area (Å²) in [6.07, 6.45) is 0. The van der Waals surface area contributed by atoms with Gasteiger partial charge in [-0.1, -0.05) is 29.2 Å². The Kier molecular flexibility index (Phi) is 6.66. The van der Waals surface area contributed by atoms with Crippen LogP contribution in [-0.4, -0.2) is 38.7 Å². The van der Waals surface area contributed by atoms with Crippen LogP contribution in [0.3, 0.4) is 0 Å². The van der Waals surface area contributed by atoms with Crippen molar-refractivity contribution in [1.82, 2.24) is 20.0 Å². The summed E-state index contributed by atoms with van der Waals surface area (Å²) in [5.41, 5.74) is 2.22. The molecule has 0 aliphatic heterocycles. The van der Waals surface area contributed by atoms with Gasteiger partial charge in [0.2, 0.25) is 11.0 Å². The number of anilines is 3. The minimum atomic E-state index is -0.336. The largest absolute Gasteiger partial charge is 0.497 e. The number of methoxy groups -OCH3 is 1. The van der Waals surface area contributed by atoms with E-state index in [0.29, 0.717) is 21.0 Å². The molecule has 0 saturated carbocycles. The van der Waals surface area contributed by atoms with E-state index in [9.17, 15) is 9.18 Å². The number of nitrogens with zero attached hydrogens (tertiary/aromatic N) is 4. The summed E-state index contributed by atoms with van der Waals surface area (Å²) >= 11 is 2.64. The summed E-state index contributed by atoms with van der Waals surface area (Å²) in [6.45, 7) is 1.82. The van der Waals surface area contributed by atoms with Gasteiger partial charge in [0.25, 0.3) is 0 Å². The first kappa shape index (κ1) is 21.8. The predicted octanol–water partition coefficient (Wildman–Crippen LogP) is 4.65. The van der Waals surface area contributed by atoms with Gasteiger partial charge in [-0.3, -0.25) is 4.79 Å². The molecule has 0 saturated heterocycles. The molecule has 164 valence electrons. The fourth-order valence-corrected chi connectivity index (χ4v) is 4.39. The Hall–Kier alpha value is -3.44. The molecule has 4 aromatic rings. The summed E-state index contributed by atoms with van der Waals surface area (Å²) in [6, 6.07) is 15.1. The van der Waals surface area contributed by atoms with Crippen LogP contribution in [-0.2, 0) is 4.79 Å². The molecule has 0 aliphatic rings. The molecule has 32 heavy (non-hydrogen) atoms. The van der Waals surface area contributed by atoms with E-state index in [1.54, 1.807) is 30.0 Å². The van der Waals surface area contributed by atoms with E-state index in [0.717, 1.165) is 17.1 Å². The molecule has 0 unspecified atom stereocenters. The number of aryl methyl sites for hydroxylation is 1. The molecule has 2 aromatic heterocycles. The van der Waals surface area contributed by atoms with Crippen molar-refractivity contribution in [1.29, 1.82) is 0 Å². The van der Waals surface area contributed by atoms with Crippen molar-refractivity contribution in [3.05, 3.63) is 66.1 Å². The van der Waals surface area contributed by atoms with Crippen molar-refractivity contribution >= 4 is 45.6 Å². The van der Waals surface area contributed by atoms with Crippen LogP contribution >= 0.6 is 23.1 Å². The zero-order valence-electron chi connectivity index (χ0n) is 17.2. The third-order valence-electron chi connectivity index (χ3n) is 4.22. The maximum atomic E-state index is 13.2. The van der Waals surface area contributed by atoms with E-state index in [1.165, 1.54) is 35.2 Å². The fraction of sp³-hybridized carbons (Fsp3) is 0.143. The Bertz CT molecular complexity index is 1230. The van der Waals surface area contributed by atoms with Crippen molar-refractivity contribution in [3.8, 4) is 11.4 Å². The molecule has 0 bridgehead atoms. The first-order chi connectivity index (χ1) is 15.5. The third kappa shape index (κ3) is 5.42. The average Bonchev–Trinajstić information content (AvgIpc) is 3.39. The second kappa shape index (κ2) is 9.79. The quantitative estimate of drug-likeness (QED) is 0.362. The molecule has 11 heteroatoms. The molecule has 4 rings (SSSR count). The smallest absolute Gasteiger partial charge is 0.235 e. The molecule has 0 atom stereocenters. The number of rotatable bonds is 8. The van der Waals surface area contributed by atoms with Gasteiger partial charge in [0, 0.05) is 17.8 Å². The van der Waals surface area contributed by atoms with Gasteiger partial charge in [-0.15, -0.1) is 10.2 Å². The lowest BCUT2D eigenvalue weighted by Crippen LogP contribution is -2.16. The number of hydrogen-bond donors (Lipinski definition) is 2. The normalized spacial score (nSPS) is 10.7. The van der Waals surface area contributed by atoms with Crippen LogP contribution in [0.1, 0.15) is 5.69 Å². The van der Waals surface area contributed by atoms with Gasteiger partial charge in [0.15, 0.2) is 4.34 Å². The summed E-state index contributed by atoms with van der Waals surface area (Å²) in [4.78, 5) is 12.5. The number of benzene rings is 2. The number of carbonyl (C=O) groups is 1. The van der Waals surface area contributed by atoms with E-state index in [2.05, 4.69) is 25.9 Å². The predicted molar refractivity (Wildman–Crippen MR) is 124 cm³/mol. The lowest BCUT2D eigenvalue weighted by Gasteiger charge is -2.08. The number of halogens is 1. The van der Waals surface area contributed by atoms with E-state index in [-0.39, 0.29) is 17.5 Å². The van der Waals surface area contributed by atoms with E-state index in [1.807, 2.05) is 31.2 Å². The first-order valence-corrected chi connectivity index (χ1v) is 11.3. The minimum Gasteiger partial charge on any atom is -0.497 e. The molecule has 8 nitrogen and oxygen atoms in total. The summed E-state index contributed by atoms with van der Waals surface area (Å²) in [5, 5.41) is 19.2. The minimum absolute atomic E-state index is 0.154. The van der Waals surface area contributed by atoms with Crippen molar-refractivity contribution in [2.75, 3.05) is 23.5 Å². The van der Waals surface area contributed by atoms with Gasteiger partial charge >= 0.3 is 0 Å². The second-order valence-corrected chi connectivity index (χ2v) is 8.83. The SMILES string of the molecule is COc1cccc(Nc2nnc(SCC(=O)Nc3cc(C)nn3-c3ccc(F)cc3)s2)c1. The highest BCUT2D eigenvalue weighted by Crippen LogP contribution is 2.29. The topological polar surface area (TPSA) is 94.0 Å². The zero-order chi connectivity index (χ0) is 22.5. The monoisotopic (exact) mass is 470 g/mol. The molecular weight excluding hydrogens is 451 g/mol. The number of amides is 1. The average molecular weight is 471 g/mol. The van der Waals surface area contributed by atoms with Crippen molar-refractivity contribution < 1.29 is 13.9 Å². The van der Waals surface area contributed by atoms with Crippen molar-refractivity contribution in [3.63, 3.8) is 0 Å². The van der Waals surface area contributed by atoms with Crippen LogP contribution in [0.4, 0.5) is 21.0 Å². The van der Waals surface area contributed by atoms with Gasteiger partial charge < -0.3 is 15.4 Å². The molecule has 0 aliphatic carbocycles. The van der Waals surface area contributed by atoms with Gasteiger partial charge in [0.1, 0.15) is 17.4 Å². The van der Waals surface area contributed by atoms with Crippen LogP contribution in [0.25, 0.3) is 5.69 Å². The molecule has 2 N–H and O–H groups in total. The third-order valence-corrected chi connectivity index (χ3v) is 6.20. The number of thioether (sulfide) groups is 1. The molecular formula is C21H19FN6O2S2.